The zero-order valence-electron chi connectivity index (χ0n) is 18.9. The quantitative estimate of drug-likeness (QED) is 0.491. The molecule has 0 saturated carbocycles. The van der Waals surface area contributed by atoms with E-state index in [9.17, 15) is 9.90 Å². The van der Waals surface area contributed by atoms with Crippen LogP contribution in [-0.4, -0.2) is 54.4 Å². The summed E-state index contributed by atoms with van der Waals surface area (Å²) in [5.41, 5.74) is 4.63. The lowest BCUT2D eigenvalue weighted by Crippen LogP contribution is -2.41. The molecule has 2 aromatic heterocycles. The van der Waals surface area contributed by atoms with Crippen LogP contribution in [0.15, 0.2) is 53.3 Å². The first-order valence-electron chi connectivity index (χ1n) is 11.4. The highest BCUT2D eigenvalue weighted by Crippen LogP contribution is 2.30. The van der Waals surface area contributed by atoms with Crippen molar-refractivity contribution in [1.82, 2.24) is 30.1 Å². The Balaban J connectivity index is 1.63. The van der Waals surface area contributed by atoms with Crippen molar-refractivity contribution in [3.63, 3.8) is 0 Å². The second kappa shape index (κ2) is 8.88. The van der Waals surface area contributed by atoms with E-state index in [2.05, 4.69) is 31.5 Å². The summed E-state index contributed by atoms with van der Waals surface area (Å²) in [5.74, 6) is 0.629. The highest BCUT2D eigenvalue weighted by atomic mass is 16.3. The molecule has 1 atom stereocenters. The molecular weight excluding hydrogens is 416 g/mol. The predicted molar refractivity (Wildman–Crippen MR) is 126 cm³/mol. The summed E-state index contributed by atoms with van der Waals surface area (Å²) in [5, 5.41) is 23.7. The van der Waals surface area contributed by atoms with E-state index in [0.717, 1.165) is 27.6 Å². The molecule has 0 spiro atoms. The Morgan fingerprint density at radius 3 is 2.64 bits per heavy atom. The number of aromatic amines is 1. The average Bonchev–Trinajstić information content (AvgIpc) is 3.27. The van der Waals surface area contributed by atoms with Gasteiger partial charge in [-0.25, -0.2) is 4.68 Å². The van der Waals surface area contributed by atoms with E-state index in [0.29, 0.717) is 43.9 Å². The minimum Gasteiger partial charge on any atom is -0.393 e. The number of pyridine rings is 1. The first-order valence-corrected chi connectivity index (χ1v) is 11.4. The van der Waals surface area contributed by atoms with E-state index in [1.807, 2.05) is 56.3 Å². The molecule has 3 heterocycles. The van der Waals surface area contributed by atoms with E-state index in [1.54, 1.807) is 4.68 Å². The van der Waals surface area contributed by atoms with Crippen molar-refractivity contribution >= 4 is 10.9 Å². The number of likely N-dealkylation sites (tertiary alicyclic amines) is 1. The summed E-state index contributed by atoms with van der Waals surface area (Å²) < 4.78 is 1.77. The van der Waals surface area contributed by atoms with Crippen molar-refractivity contribution in [2.45, 2.75) is 45.4 Å². The Bertz CT molecular complexity index is 1320. The molecule has 2 N–H and O–H groups in total. The summed E-state index contributed by atoms with van der Waals surface area (Å²) in [4.78, 5) is 18.7. The summed E-state index contributed by atoms with van der Waals surface area (Å²) in [6, 6.07) is 15.7. The van der Waals surface area contributed by atoms with Crippen LogP contribution in [0.3, 0.4) is 0 Å². The molecule has 0 unspecified atom stereocenters. The van der Waals surface area contributed by atoms with Crippen LogP contribution < -0.4 is 5.56 Å². The second-order valence-corrected chi connectivity index (χ2v) is 8.88. The largest absolute Gasteiger partial charge is 0.393 e. The lowest BCUT2D eigenvalue weighted by molar-refractivity contribution is 0.0659. The number of hydrogen-bond acceptors (Lipinski definition) is 6. The zero-order chi connectivity index (χ0) is 22.9. The van der Waals surface area contributed by atoms with Gasteiger partial charge in [0.15, 0.2) is 5.82 Å². The molecule has 8 heteroatoms. The number of nitrogens with zero attached hydrogens (tertiary/aromatic N) is 5. The molecule has 0 radical (unpaired) electrons. The molecule has 1 aliphatic rings. The number of rotatable bonds is 5. The van der Waals surface area contributed by atoms with Crippen LogP contribution >= 0.6 is 0 Å². The van der Waals surface area contributed by atoms with Crippen LogP contribution in [-0.2, 0) is 6.54 Å². The number of H-pyrrole nitrogens is 1. The number of nitrogens with one attached hydrogen (secondary N) is 1. The highest BCUT2D eigenvalue weighted by molar-refractivity contribution is 5.83. The van der Waals surface area contributed by atoms with Gasteiger partial charge in [0.1, 0.15) is 6.04 Å². The number of tetrazole rings is 1. The molecule has 0 aliphatic carbocycles. The van der Waals surface area contributed by atoms with Crippen molar-refractivity contribution in [1.29, 1.82) is 0 Å². The fraction of sp³-hybridized carbons (Fsp3) is 0.360. The van der Waals surface area contributed by atoms with Crippen molar-refractivity contribution in [2.75, 3.05) is 13.1 Å². The number of hydrogen-bond donors (Lipinski definition) is 2. The molecule has 8 nitrogen and oxygen atoms in total. The van der Waals surface area contributed by atoms with Crippen LogP contribution in [0.1, 0.15) is 47.0 Å². The van der Waals surface area contributed by atoms with Crippen LogP contribution in [0, 0.1) is 13.8 Å². The molecule has 1 saturated heterocycles. The van der Waals surface area contributed by atoms with Gasteiger partial charge in [-0.2, -0.15) is 0 Å². The third-order valence-corrected chi connectivity index (χ3v) is 6.72. The summed E-state index contributed by atoms with van der Waals surface area (Å²) in [7, 11) is 0. The molecule has 33 heavy (non-hydrogen) atoms. The fourth-order valence-electron chi connectivity index (χ4n) is 4.66. The minimum atomic E-state index is -0.411. The van der Waals surface area contributed by atoms with Crippen LogP contribution in [0.5, 0.6) is 0 Å². The van der Waals surface area contributed by atoms with E-state index < -0.39 is 6.04 Å². The Morgan fingerprint density at radius 2 is 1.88 bits per heavy atom. The van der Waals surface area contributed by atoms with E-state index in [4.69, 9.17) is 0 Å². The first kappa shape index (κ1) is 21.5. The number of benzene rings is 2. The molecular formula is C25H28N6O2. The number of aliphatic hydroxyl groups excluding tert-OH is 1. The summed E-state index contributed by atoms with van der Waals surface area (Å²) in [6.45, 7) is 5.90. The molecule has 2 aromatic carbocycles. The van der Waals surface area contributed by atoms with Crippen molar-refractivity contribution in [2.24, 2.45) is 0 Å². The van der Waals surface area contributed by atoms with E-state index in [1.165, 1.54) is 0 Å². The van der Waals surface area contributed by atoms with Crippen LogP contribution in [0.25, 0.3) is 10.9 Å². The number of aryl methyl sites for hydroxylation is 2. The fourth-order valence-corrected chi connectivity index (χ4v) is 4.66. The van der Waals surface area contributed by atoms with Gasteiger partial charge in [0, 0.05) is 18.7 Å². The van der Waals surface area contributed by atoms with Gasteiger partial charge in [-0.05, 0) is 65.3 Å². The molecule has 0 bridgehead atoms. The third kappa shape index (κ3) is 4.19. The molecule has 1 aliphatic heterocycles. The van der Waals surface area contributed by atoms with Gasteiger partial charge >= 0.3 is 0 Å². The van der Waals surface area contributed by atoms with Crippen molar-refractivity contribution in [3.05, 3.63) is 87.0 Å². The molecule has 4 aromatic rings. The standard InChI is InChI=1S/C25H28N6O2/c1-16-8-9-19-14-21(25(33)26-22(19)17(16)2)23(30-12-10-20(32)11-13-30)24-27-28-29-31(24)15-18-6-4-3-5-7-18/h3-9,14,20,23,32H,10-13,15H2,1-2H3,(H,26,33)/t23-/m1/s1. The summed E-state index contributed by atoms with van der Waals surface area (Å²) in [6.07, 6.45) is 0.990. The zero-order valence-corrected chi connectivity index (χ0v) is 18.9. The van der Waals surface area contributed by atoms with Gasteiger partial charge in [0.2, 0.25) is 0 Å². The van der Waals surface area contributed by atoms with Gasteiger partial charge in [0.25, 0.3) is 5.56 Å². The average molecular weight is 445 g/mol. The predicted octanol–water partition coefficient (Wildman–Crippen LogP) is 2.73. The van der Waals surface area contributed by atoms with Crippen molar-refractivity contribution < 1.29 is 5.11 Å². The van der Waals surface area contributed by atoms with Crippen LogP contribution in [0.4, 0.5) is 0 Å². The first-order chi connectivity index (χ1) is 16.0. The van der Waals surface area contributed by atoms with Gasteiger partial charge in [-0.15, -0.1) is 5.10 Å². The lowest BCUT2D eigenvalue weighted by atomic mass is 9.98. The molecule has 5 rings (SSSR count). The Kier molecular flexibility index (Phi) is 5.78. The van der Waals surface area contributed by atoms with Crippen LogP contribution in [0.2, 0.25) is 0 Å². The SMILES string of the molecule is Cc1ccc2cc([C@H](c3nnnn3Cc3ccccc3)N3CCC(O)CC3)c(=O)[nH]c2c1C. The van der Waals surface area contributed by atoms with Gasteiger partial charge < -0.3 is 10.1 Å². The smallest absolute Gasteiger partial charge is 0.253 e. The molecule has 170 valence electrons. The maximum absolute atomic E-state index is 13.4. The van der Waals surface area contributed by atoms with Gasteiger partial charge in [-0.3, -0.25) is 9.69 Å². The Labute approximate surface area is 191 Å². The van der Waals surface area contributed by atoms with Gasteiger partial charge in [0.05, 0.1) is 18.2 Å². The third-order valence-electron chi connectivity index (χ3n) is 6.72. The summed E-state index contributed by atoms with van der Waals surface area (Å²) >= 11 is 0. The topological polar surface area (TPSA) is 99.9 Å². The Hall–Kier alpha value is -3.36. The highest BCUT2D eigenvalue weighted by Gasteiger charge is 2.32. The maximum atomic E-state index is 13.4. The second-order valence-electron chi connectivity index (χ2n) is 8.88. The normalized spacial score (nSPS) is 16.3. The minimum absolute atomic E-state index is 0.137. The van der Waals surface area contributed by atoms with Gasteiger partial charge in [-0.1, -0.05) is 42.5 Å². The van der Waals surface area contributed by atoms with E-state index >= 15 is 0 Å². The Morgan fingerprint density at radius 1 is 1.12 bits per heavy atom. The lowest BCUT2D eigenvalue weighted by Gasteiger charge is -2.35. The number of aliphatic hydroxyl groups is 1. The maximum Gasteiger partial charge on any atom is 0.253 e. The molecule has 1 fully saturated rings. The van der Waals surface area contributed by atoms with E-state index in [-0.39, 0.29) is 11.7 Å². The molecule has 0 amide bonds. The number of fused-ring (bicyclic) bond motifs is 1. The number of piperidine rings is 1. The number of aromatic nitrogens is 5. The monoisotopic (exact) mass is 444 g/mol. The van der Waals surface area contributed by atoms with Crippen molar-refractivity contribution in [3.8, 4) is 0 Å².